The Hall–Kier alpha value is -2.67. The molecule has 4 aromatic carbocycles. The van der Waals surface area contributed by atoms with Crippen molar-refractivity contribution in [1.29, 1.82) is 0 Å². The van der Waals surface area contributed by atoms with E-state index in [1.807, 2.05) is 24.3 Å². The minimum atomic E-state index is -0.980. The largest absolute Gasteiger partial charge is 0.478 e. The number of halogens is 2. The van der Waals surface area contributed by atoms with Crippen LogP contribution in [-0.4, -0.2) is 22.5 Å². The van der Waals surface area contributed by atoms with Crippen LogP contribution in [0.4, 0.5) is 0 Å². The van der Waals surface area contributed by atoms with E-state index in [2.05, 4.69) is 100 Å². The lowest BCUT2D eigenvalue weighted by molar-refractivity contribution is 0.0695. The van der Waals surface area contributed by atoms with Crippen molar-refractivity contribution in [1.82, 2.24) is 4.90 Å². The average molecular weight is 580 g/mol. The lowest BCUT2D eigenvalue weighted by atomic mass is 9.74. The Kier molecular flexibility index (Phi) is 6.47. The van der Waals surface area contributed by atoms with Crippen LogP contribution in [0.2, 0.25) is 5.02 Å². The molecule has 0 aliphatic carbocycles. The molecule has 0 spiro atoms. The van der Waals surface area contributed by atoms with Gasteiger partial charge in [-0.05, 0) is 62.9 Å². The minimum Gasteiger partial charge on any atom is -0.478 e. The zero-order valence-corrected chi connectivity index (χ0v) is 21.3. The van der Waals surface area contributed by atoms with Crippen LogP contribution in [0.1, 0.15) is 38.2 Å². The Morgan fingerprint density at radius 2 is 1.32 bits per heavy atom. The second-order valence-corrected chi connectivity index (χ2v) is 10.0. The molecule has 0 bridgehead atoms. The van der Waals surface area contributed by atoms with E-state index in [0.717, 1.165) is 17.7 Å². The summed E-state index contributed by atoms with van der Waals surface area (Å²) in [5.41, 5.74) is 5.30. The number of nitrogens with zero attached hydrogens (tertiary/aromatic N) is 1. The Balaban J connectivity index is 1.74. The molecule has 170 valence electrons. The van der Waals surface area contributed by atoms with E-state index in [0.29, 0.717) is 21.6 Å². The molecule has 5 heteroatoms. The third-order valence-electron chi connectivity index (χ3n) is 6.67. The van der Waals surface area contributed by atoms with Gasteiger partial charge in [-0.25, -0.2) is 4.79 Å². The van der Waals surface area contributed by atoms with Crippen LogP contribution in [0, 0.1) is 3.57 Å². The normalized spacial score (nSPS) is 13.9. The second kappa shape index (κ2) is 9.53. The number of carboxylic acids is 1. The molecule has 0 unspecified atom stereocenters. The van der Waals surface area contributed by atoms with E-state index >= 15 is 0 Å². The summed E-state index contributed by atoms with van der Waals surface area (Å²) in [7, 11) is 0. The smallest absolute Gasteiger partial charge is 0.338 e. The lowest BCUT2D eigenvalue weighted by Gasteiger charge is -2.47. The first-order valence-corrected chi connectivity index (χ1v) is 12.6. The standard InChI is InChI=1S/C29H23ClINO2/c30-27-24-16-17-32(19-20(24)18-25(31)26(27)28(33)34)29(21-10-4-1-5-11-21,22-12-6-2-7-13-22)23-14-8-3-9-15-23/h1-15,18H,16-17,19H2,(H,33,34). The molecule has 0 atom stereocenters. The number of rotatable bonds is 5. The van der Waals surface area contributed by atoms with Gasteiger partial charge in [0.25, 0.3) is 0 Å². The Bertz CT molecular complexity index is 1230. The van der Waals surface area contributed by atoms with Crippen LogP contribution >= 0.6 is 34.2 Å². The Morgan fingerprint density at radius 3 is 1.76 bits per heavy atom. The summed E-state index contributed by atoms with van der Waals surface area (Å²) in [5, 5.41) is 10.0. The topological polar surface area (TPSA) is 40.5 Å². The molecule has 0 fully saturated rings. The molecule has 1 N–H and O–H groups in total. The molecule has 0 radical (unpaired) electrons. The zero-order valence-electron chi connectivity index (χ0n) is 18.4. The highest BCUT2D eigenvalue weighted by molar-refractivity contribution is 14.1. The highest BCUT2D eigenvalue weighted by Crippen LogP contribution is 2.45. The van der Waals surface area contributed by atoms with Crippen LogP contribution in [0.15, 0.2) is 97.1 Å². The first-order chi connectivity index (χ1) is 16.5. The summed E-state index contributed by atoms with van der Waals surface area (Å²) < 4.78 is 0.667. The van der Waals surface area contributed by atoms with Crippen molar-refractivity contribution in [2.45, 2.75) is 18.5 Å². The molecule has 34 heavy (non-hydrogen) atoms. The van der Waals surface area contributed by atoms with Gasteiger partial charge in [0.2, 0.25) is 0 Å². The van der Waals surface area contributed by atoms with Crippen LogP contribution in [-0.2, 0) is 18.5 Å². The number of carboxylic acid groups (broad SMARTS) is 1. The summed E-state index contributed by atoms with van der Waals surface area (Å²) in [6.07, 6.45) is 0.680. The van der Waals surface area contributed by atoms with Crippen molar-refractivity contribution in [3.8, 4) is 0 Å². The summed E-state index contributed by atoms with van der Waals surface area (Å²) in [5.74, 6) is -0.980. The number of carbonyl (C=O) groups is 1. The highest BCUT2D eigenvalue weighted by Gasteiger charge is 2.43. The molecule has 1 heterocycles. The molecular weight excluding hydrogens is 557 g/mol. The van der Waals surface area contributed by atoms with E-state index in [1.54, 1.807) is 0 Å². The molecule has 4 aromatic rings. The highest BCUT2D eigenvalue weighted by atomic mass is 127. The fraction of sp³-hybridized carbons (Fsp3) is 0.138. The van der Waals surface area contributed by atoms with Crippen molar-refractivity contribution in [3.05, 3.63) is 139 Å². The third-order valence-corrected chi connectivity index (χ3v) is 7.94. The second-order valence-electron chi connectivity index (χ2n) is 8.47. The van der Waals surface area contributed by atoms with Gasteiger partial charge in [0.1, 0.15) is 0 Å². The number of benzene rings is 4. The number of aromatic carboxylic acids is 1. The van der Waals surface area contributed by atoms with Gasteiger partial charge >= 0.3 is 5.97 Å². The first kappa shape index (κ1) is 23.1. The summed E-state index contributed by atoms with van der Waals surface area (Å²) in [6.45, 7) is 1.40. The third kappa shape index (κ3) is 3.84. The van der Waals surface area contributed by atoms with E-state index in [1.165, 1.54) is 16.7 Å². The maximum absolute atomic E-state index is 11.8. The predicted octanol–water partition coefficient (Wildman–Crippen LogP) is 6.99. The Morgan fingerprint density at radius 1 is 0.853 bits per heavy atom. The van der Waals surface area contributed by atoms with Gasteiger partial charge in [0, 0.05) is 16.7 Å². The van der Waals surface area contributed by atoms with E-state index in [-0.39, 0.29) is 5.56 Å². The average Bonchev–Trinajstić information content (AvgIpc) is 2.86. The molecule has 0 saturated carbocycles. The van der Waals surface area contributed by atoms with Gasteiger partial charge in [0.05, 0.1) is 16.1 Å². The molecule has 0 amide bonds. The summed E-state index contributed by atoms with van der Waals surface area (Å²) in [6, 6.07) is 33.8. The molecule has 3 nitrogen and oxygen atoms in total. The molecule has 0 aromatic heterocycles. The van der Waals surface area contributed by atoms with Crippen LogP contribution in [0.25, 0.3) is 0 Å². The maximum atomic E-state index is 11.8. The van der Waals surface area contributed by atoms with Gasteiger partial charge in [0.15, 0.2) is 0 Å². The fourth-order valence-electron chi connectivity index (χ4n) is 5.22. The van der Waals surface area contributed by atoms with E-state index in [9.17, 15) is 9.90 Å². The van der Waals surface area contributed by atoms with Gasteiger partial charge in [-0.1, -0.05) is 103 Å². The first-order valence-electron chi connectivity index (χ1n) is 11.2. The van der Waals surface area contributed by atoms with E-state index in [4.69, 9.17) is 11.6 Å². The number of hydrogen-bond donors (Lipinski definition) is 1. The molecule has 0 saturated heterocycles. The van der Waals surface area contributed by atoms with Gasteiger partial charge in [-0.15, -0.1) is 0 Å². The number of hydrogen-bond acceptors (Lipinski definition) is 2. The SMILES string of the molecule is O=C(O)c1c(I)cc2c(c1Cl)CCN(C(c1ccccc1)(c1ccccc1)c1ccccc1)C2. The number of fused-ring (bicyclic) bond motifs is 1. The van der Waals surface area contributed by atoms with Crippen molar-refractivity contribution in [2.24, 2.45) is 0 Å². The monoisotopic (exact) mass is 579 g/mol. The molecule has 5 rings (SSSR count). The molecular formula is C29H23ClINO2. The van der Waals surface area contributed by atoms with Crippen molar-refractivity contribution < 1.29 is 9.90 Å². The molecule has 1 aliphatic rings. The summed E-state index contributed by atoms with van der Waals surface area (Å²) in [4.78, 5) is 14.3. The summed E-state index contributed by atoms with van der Waals surface area (Å²) >= 11 is 8.72. The Labute approximate surface area is 218 Å². The lowest BCUT2D eigenvalue weighted by Crippen LogP contribution is -2.50. The van der Waals surface area contributed by atoms with Crippen molar-refractivity contribution >= 4 is 40.2 Å². The van der Waals surface area contributed by atoms with Crippen molar-refractivity contribution in [2.75, 3.05) is 6.54 Å². The van der Waals surface area contributed by atoms with Crippen molar-refractivity contribution in [3.63, 3.8) is 0 Å². The minimum absolute atomic E-state index is 0.204. The quantitative estimate of drug-likeness (QED) is 0.205. The molecule has 1 aliphatic heterocycles. The van der Waals surface area contributed by atoms with Crippen LogP contribution in [0.3, 0.4) is 0 Å². The van der Waals surface area contributed by atoms with Crippen LogP contribution in [0.5, 0.6) is 0 Å². The zero-order chi connectivity index (χ0) is 23.7. The predicted molar refractivity (Wildman–Crippen MR) is 144 cm³/mol. The van der Waals surface area contributed by atoms with Gasteiger partial charge in [-0.3, -0.25) is 4.90 Å². The van der Waals surface area contributed by atoms with Gasteiger partial charge in [-0.2, -0.15) is 0 Å². The maximum Gasteiger partial charge on any atom is 0.338 e. The fourth-order valence-corrected chi connectivity index (χ4v) is 6.65. The van der Waals surface area contributed by atoms with E-state index < -0.39 is 11.5 Å². The van der Waals surface area contributed by atoms with Crippen LogP contribution < -0.4 is 0 Å². The van der Waals surface area contributed by atoms with Gasteiger partial charge < -0.3 is 5.11 Å².